The minimum Gasteiger partial charge on any atom is -0.310 e. The second-order valence-electron chi connectivity index (χ2n) is 18.7. The summed E-state index contributed by atoms with van der Waals surface area (Å²) < 4.78 is 0. The van der Waals surface area contributed by atoms with E-state index in [4.69, 9.17) is 0 Å². The Hall–Kier alpha value is -5.66. The summed E-state index contributed by atoms with van der Waals surface area (Å²) in [4.78, 5) is 2.54. The van der Waals surface area contributed by atoms with E-state index in [1.54, 1.807) is 5.56 Å². The van der Waals surface area contributed by atoms with Crippen LogP contribution in [0, 0.1) is 11.8 Å². The van der Waals surface area contributed by atoms with Crippen LogP contribution >= 0.6 is 0 Å². The average Bonchev–Trinajstić information content (AvgIpc) is 4.00. The van der Waals surface area contributed by atoms with Gasteiger partial charge in [-0.2, -0.15) is 0 Å². The van der Waals surface area contributed by atoms with E-state index in [1.807, 2.05) is 0 Å². The van der Waals surface area contributed by atoms with E-state index in [9.17, 15) is 0 Å². The molecule has 2 bridgehead atoms. The molecule has 3 unspecified atom stereocenters. The molecule has 0 radical (unpaired) electrons. The molecule has 59 heavy (non-hydrogen) atoms. The Morgan fingerprint density at radius 2 is 1.07 bits per heavy atom. The van der Waals surface area contributed by atoms with Crippen LogP contribution in [0.3, 0.4) is 0 Å². The summed E-state index contributed by atoms with van der Waals surface area (Å²) in [6, 6.07) is 62.6. The molecule has 3 saturated carbocycles. The van der Waals surface area contributed by atoms with Crippen LogP contribution in [0.4, 0.5) is 17.1 Å². The standard InChI is InChI=1S/C58H55N/c1-58(2)54-20-12-11-18-50(54)52-35-36-55(56(57(52)58)51-19-10-9-17-49(51)44-15-7-4-8-16-44)59(47-31-27-42(28-32-47)40-13-5-3-6-14-40)48-33-29-43(30-34-48)41-23-25-45(26-24-41)53-38-39-21-22-46(53)37-39/h4,7-12,15-20,23-36,39-40,46,53H,3,5-6,13-14,21-22,37-38H2,1-2H3. The first kappa shape index (κ1) is 36.4. The third-order valence-corrected chi connectivity index (χ3v) is 15.0. The molecule has 3 fully saturated rings. The molecule has 0 heterocycles. The van der Waals surface area contributed by atoms with Crippen molar-refractivity contribution in [2.45, 2.75) is 88.9 Å². The van der Waals surface area contributed by atoms with Crippen molar-refractivity contribution >= 4 is 17.1 Å². The van der Waals surface area contributed by atoms with Gasteiger partial charge in [-0.3, -0.25) is 0 Å². The lowest BCUT2D eigenvalue weighted by Crippen LogP contribution is -2.19. The van der Waals surface area contributed by atoms with E-state index >= 15 is 0 Å². The molecular formula is C58H55N. The molecule has 7 aromatic rings. The number of nitrogens with zero attached hydrogens (tertiary/aromatic N) is 1. The first-order valence-corrected chi connectivity index (χ1v) is 22.5. The molecule has 4 aliphatic carbocycles. The van der Waals surface area contributed by atoms with Crippen LogP contribution in [0.5, 0.6) is 0 Å². The fourth-order valence-corrected chi connectivity index (χ4v) is 12.0. The van der Waals surface area contributed by atoms with Gasteiger partial charge in [-0.25, -0.2) is 0 Å². The minimum atomic E-state index is -0.203. The molecule has 1 nitrogen and oxygen atoms in total. The molecule has 0 saturated heterocycles. The molecule has 4 aliphatic rings. The zero-order valence-corrected chi connectivity index (χ0v) is 34.7. The largest absolute Gasteiger partial charge is 0.310 e. The number of anilines is 3. The smallest absolute Gasteiger partial charge is 0.0543 e. The molecule has 1 heteroatoms. The highest BCUT2D eigenvalue weighted by Crippen LogP contribution is 2.57. The summed E-state index contributed by atoms with van der Waals surface area (Å²) >= 11 is 0. The second kappa shape index (κ2) is 14.9. The summed E-state index contributed by atoms with van der Waals surface area (Å²) in [7, 11) is 0. The number of fused-ring (bicyclic) bond motifs is 5. The van der Waals surface area contributed by atoms with Crippen molar-refractivity contribution in [3.05, 3.63) is 186 Å². The highest BCUT2D eigenvalue weighted by Gasteiger charge is 2.41. The van der Waals surface area contributed by atoms with Gasteiger partial charge in [0.15, 0.2) is 0 Å². The van der Waals surface area contributed by atoms with Crippen LogP contribution in [0.2, 0.25) is 0 Å². The Balaban J connectivity index is 1.07. The summed E-state index contributed by atoms with van der Waals surface area (Å²) in [6.07, 6.45) is 12.4. The first-order valence-electron chi connectivity index (χ1n) is 22.5. The molecule has 292 valence electrons. The molecule has 0 N–H and O–H groups in total. The van der Waals surface area contributed by atoms with Crippen LogP contribution in [0.1, 0.15) is 106 Å². The zero-order chi connectivity index (χ0) is 39.5. The van der Waals surface area contributed by atoms with Crippen LogP contribution in [0.15, 0.2) is 164 Å². The van der Waals surface area contributed by atoms with Crippen LogP contribution in [-0.2, 0) is 5.41 Å². The van der Waals surface area contributed by atoms with Crippen molar-refractivity contribution in [1.29, 1.82) is 0 Å². The third kappa shape index (κ3) is 6.37. The maximum absolute atomic E-state index is 2.54. The molecule has 11 rings (SSSR count). The van der Waals surface area contributed by atoms with E-state index < -0.39 is 0 Å². The van der Waals surface area contributed by atoms with Gasteiger partial charge in [0.2, 0.25) is 0 Å². The predicted molar refractivity (Wildman–Crippen MR) is 249 cm³/mol. The van der Waals surface area contributed by atoms with Crippen molar-refractivity contribution in [3.63, 3.8) is 0 Å². The lowest BCUT2D eigenvalue weighted by molar-refractivity contribution is 0.420. The monoisotopic (exact) mass is 765 g/mol. The van der Waals surface area contributed by atoms with Crippen LogP contribution in [-0.4, -0.2) is 0 Å². The van der Waals surface area contributed by atoms with Crippen molar-refractivity contribution in [2.24, 2.45) is 11.8 Å². The van der Waals surface area contributed by atoms with Gasteiger partial charge in [0.1, 0.15) is 0 Å². The first-order chi connectivity index (χ1) is 29.0. The molecule has 0 aliphatic heterocycles. The van der Waals surface area contributed by atoms with Crippen molar-refractivity contribution in [1.82, 2.24) is 0 Å². The number of hydrogen-bond acceptors (Lipinski definition) is 1. The summed E-state index contributed by atoms with van der Waals surface area (Å²) in [5, 5.41) is 0. The topological polar surface area (TPSA) is 3.24 Å². The van der Waals surface area contributed by atoms with Gasteiger partial charge in [0.25, 0.3) is 0 Å². The van der Waals surface area contributed by atoms with Gasteiger partial charge in [-0.15, -0.1) is 0 Å². The summed E-state index contributed by atoms with van der Waals surface area (Å²) in [5.41, 5.74) is 19.5. The normalized spacial score (nSPS) is 20.3. The average molecular weight is 766 g/mol. The Morgan fingerprint density at radius 3 is 1.75 bits per heavy atom. The molecule has 7 aromatic carbocycles. The Kier molecular flexibility index (Phi) is 9.18. The van der Waals surface area contributed by atoms with E-state index in [1.165, 1.54) is 136 Å². The maximum atomic E-state index is 2.54. The highest BCUT2D eigenvalue weighted by atomic mass is 15.1. The molecule has 3 atom stereocenters. The van der Waals surface area contributed by atoms with Gasteiger partial charge < -0.3 is 4.90 Å². The van der Waals surface area contributed by atoms with Gasteiger partial charge >= 0.3 is 0 Å². The number of rotatable bonds is 8. The number of benzene rings is 7. The van der Waals surface area contributed by atoms with Crippen molar-refractivity contribution < 1.29 is 0 Å². The van der Waals surface area contributed by atoms with Gasteiger partial charge in [0, 0.05) is 22.4 Å². The van der Waals surface area contributed by atoms with Crippen LogP contribution in [0.25, 0.3) is 44.5 Å². The van der Waals surface area contributed by atoms with E-state index in [2.05, 4.69) is 183 Å². The van der Waals surface area contributed by atoms with E-state index in [0.29, 0.717) is 5.92 Å². The molecule has 0 spiro atoms. The fraction of sp³-hybridized carbons (Fsp3) is 0.276. The second-order valence-corrected chi connectivity index (χ2v) is 18.7. The molecule has 0 amide bonds. The summed E-state index contributed by atoms with van der Waals surface area (Å²) in [6.45, 7) is 4.85. The van der Waals surface area contributed by atoms with Gasteiger partial charge in [0.05, 0.1) is 5.69 Å². The zero-order valence-electron chi connectivity index (χ0n) is 34.7. The number of hydrogen-bond donors (Lipinski definition) is 0. The molecular weight excluding hydrogens is 711 g/mol. The lowest BCUT2D eigenvalue weighted by atomic mass is 9.77. The SMILES string of the molecule is CC1(C)c2ccccc2-c2ccc(N(c3ccc(-c4ccc(C5CC6CCC5C6)cc4)cc3)c3ccc(C4CCCCC4)cc3)c(-c3ccccc3-c3ccccc3)c21. The predicted octanol–water partition coefficient (Wildman–Crippen LogP) is 16.4. The van der Waals surface area contributed by atoms with Crippen molar-refractivity contribution in [3.8, 4) is 44.5 Å². The fourth-order valence-electron chi connectivity index (χ4n) is 12.0. The Labute approximate surface area is 351 Å². The summed E-state index contributed by atoms with van der Waals surface area (Å²) in [5.74, 6) is 3.28. The van der Waals surface area contributed by atoms with Gasteiger partial charge in [-0.05, 0) is 147 Å². The maximum Gasteiger partial charge on any atom is 0.0543 e. The van der Waals surface area contributed by atoms with E-state index in [0.717, 1.165) is 17.8 Å². The van der Waals surface area contributed by atoms with Gasteiger partial charge in [-0.1, -0.05) is 173 Å². The van der Waals surface area contributed by atoms with E-state index in [-0.39, 0.29) is 5.41 Å². The van der Waals surface area contributed by atoms with Crippen molar-refractivity contribution in [2.75, 3.05) is 4.90 Å². The lowest BCUT2D eigenvalue weighted by Gasteiger charge is -2.33. The third-order valence-electron chi connectivity index (χ3n) is 15.0. The quantitative estimate of drug-likeness (QED) is 0.149. The molecule has 0 aromatic heterocycles. The Morgan fingerprint density at radius 1 is 0.458 bits per heavy atom. The highest BCUT2D eigenvalue weighted by molar-refractivity contribution is 6.01. The Bertz CT molecular complexity index is 2610. The minimum absolute atomic E-state index is 0.203. The van der Waals surface area contributed by atoms with Crippen LogP contribution < -0.4 is 4.90 Å².